The van der Waals surface area contributed by atoms with E-state index < -0.39 is 0 Å². The lowest BCUT2D eigenvalue weighted by Crippen LogP contribution is -2.19. The Hall–Kier alpha value is -0.870. The van der Waals surface area contributed by atoms with Crippen LogP contribution in [0.2, 0.25) is 0 Å². The summed E-state index contributed by atoms with van der Waals surface area (Å²) in [5.74, 6) is 0. The normalized spacial score (nSPS) is 14.6. The van der Waals surface area contributed by atoms with Gasteiger partial charge in [0.1, 0.15) is 0 Å². The van der Waals surface area contributed by atoms with Crippen LogP contribution in [0.1, 0.15) is 57.1 Å². The summed E-state index contributed by atoms with van der Waals surface area (Å²) < 4.78 is 7.36. The predicted molar refractivity (Wildman–Crippen MR) is 79.5 cm³/mol. The summed E-state index contributed by atoms with van der Waals surface area (Å²) in [7, 11) is 1.75. The van der Waals surface area contributed by atoms with Crippen LogP contribution in [0.4, 0.5) is 0 Å². The molecule has 110 valence electrons. The van der Waals surface area contributed by atoms with Crippen LogP contribution >= 0.6 is 0 Å². The van der Waals surface area contributed by atoms with E-state index in [0.29, 0.717) is 6.04 Å². The van der Waals surface area contributed by atoms with E-state index in [1.165, 1.54) is 17.0 Å². The molecule has 2 N–H and O–H groups in total. The molecule has 0 aromatic carbocycles. The van der Waals surface area contributed by atoms with Gasteiger partial charge in [-0.1, -0.05) is 13.8 Å². The van der Waals surface area contributed by atoms with Crippen LogP contribution in [0.5, 0.6) is 0 Å². The molecule has 2 atom stereocenters. The Balaban J connectivity index is 3.07. The molecule has 0 bridgehead atoms. The maximum Gasteiger partial charge on any atom is 0.0657 e. The fourth-order valence-corrected chi connectivity index (χ4v) is 2.55. The molecule has 0 amide bonds. The van der Waals surface area contributed by atoms with E-state index in [9.17, 15) is 0 Å². The summed E-state index contributed by atoms with van der Waals surface area (Å²) in [4.78, 5) is 0. The summed E-state index contributed by atoms with van der Waals surface area (Å²) in [6, 6.07) is 0.560. The highest BCUT2D eigenvalue weighted by atomic mass is 16.5. The summed E-state index contributed by atoms with van der Waals surface area (Å²) in [5.41, 5.74) is 9.90. The molecular formula is C15H29N3O. The molecule has 4 nitrogen and oxygen atoms in total. The van der Waals surface area contributed by atoms with Gasteiger partial charge in [0.25, 0.3) is 0 Å². The molecule has 1 aromatic heterocycles. The molecule has 0 saturated heterocycles. The smallest absolute Gasteiger partial charge is 0.0657 e. The Labute approximate surface area is 117 Å². The van der Waals surface area contributed by atoms with Gasteiger partial charge in [0.05, 0.1) is 11.7 Å². The fourth-order valence-electron chi connectivity index (χ4n) is 2.55. The quantitative estimate of drug-likeness (QED) is 0.787. The Bertz CT molecular complexity index is 385. The van der Waals surface area contributed by atoms with Crippen molar-refractivity contribution in [3.05, 3.63) is 17.0 Å². The molecule has 1 aromatic rings. The molecule has 19 heavy (non-hydrogen) atoms. The number of hydrogen-bond acceptors (Lipinski definition) is 3. The lowest BCUT2D eigenvalue weighted by Gasteiger charge is -2.16. The first kappa shape index (κ1) is 16.2. The molecule has 1 heterocycles. The molecule has 0 fully saturated rings. The predicted octanol–water partition coefficient (Wildman–Crippen LogP) is 2.50. The maximum absolute atomic E-state index is 5.98. The largest absolute Gasteiger partial charge is 0.385 e. The lowest BCUT2D eigenvalue weighted by atomic mass is 10.0. The van der Waals surface area contributed by atoms with Crippen LogP contribution in [0.25, 0.3) is 0 Å². The zero-order valence-corrected chi connectivity index (χ0v) is 13.1. The van der Waals surface area contributed by atoms with Crippen LogP contribution in [-0.4, -0.2) is 29.5 Å². The van der Waals surface area contributed by atoms with Crippen LogP contribution in [0, 0.1) is 0 Å². The fraction of sp³-hybridized carbons (Fsp3) is 0.800. The first-order valence-electron chi connectivity index (χ1n) is 7.38. The van der Waals surface area contributed by atoms with Gasteiger partial charge < -0.3 is 10.5 Å². The van der Waals surface area contributed by atoms with E-state index in [2.05, 4.69) is 32.4 Å². The topological polar surface area (TPSA) is 53.1 Å². The monoisotopic (exact) mass is 267 g/mol. The number of nitrogens with zero attached hydrogens (tertiary/aromatic N) is 2. The lowest BCUT2D eigenvalue weighted by molar-refractivity contribution is 0.178. The van der Waals surface area contributed by atoms with Crippen LogP contribution in [0.3, 0.4) is 0 Å². The van der Waals surface area contributed by atoms with Gasteiger partial charge in [0.15, 0.2) is 0 Å². The highest BCUT2D eigenvalue weighted by molar-refractivity contribution is 5.28. The van der Waals surface area contributed by atoms with Gasteiger partial charge in [-0.15, -0.1) is 0 Å². The average molecular weight is 267 g/mol. The molecule has 0 aliphatic rings. The number of aromatic nitrogens is 2. The van der Waals surface area contributed by atoms with Gasteiger partial charge >= 0.3 is 0 Å². The van der Waals surface area contributed by atoms with Crippen molar-refractivity contribution in [3.8, 4) is 0 Å². The van der Waals surface area contributed by atoms with E-state index in [4.69, 9.17) is 15.6 Å². The van der Waals surface area contributed by atoms with Gasteiger partial charge in [-0.05, 0) is 45.1 Å². The van der Waals surface area contributed by atoms with Crippen molar-refractivity contribution in [3.63, 3.8) is 0 Å². The third-order valence-electron chi connectivity index (χ3n) is 3.55. The molecule has 0 saturated carbocycles. The Morgan fingerprint density at radius 3 is 2.42 bits per heavy atom. The SMILES string of the molecule is CCc1nn(C(C)CCOC)c(CC)c1CC(C)N. The van der Waals surface area contributed by atoms with E-state index >= 15 is 0 Å². The standard InChI is InChI=1S/C15H29N3O/c1-6-14-13(10-11(3)16)15(7-2)18(17-14)12(4)8-9-19-5/h11-12H,6-10,16H2,1-5H3. The summed E-state index contributed by atoms with van der Waals surface area (Å²) in [6.07, 6.45) is 3.89. The molecular weight excluding hydrogens is 238 g/mol. The van der Waals surface area contributed by atoms with Crippen molar-refractivity contribution < 1.29 is 4.74 Å². The van der Waals surface area contributed by atoms with E-state index in [1.54, 1.807) is 7.11 Å². The first-order valence-corrected chi connectivity index (χ1v) is 7.38. The second-order valence-electron chi connectivity index (χ2n) is 5.34. The minimum Gasteiger partial charge on any atom is -0.385 e. The molecule has 0 aliphatic carbocycles. The minimum absolute atomic E-state index is 0.183. The van der Waals surface area contributed by atoms with Crippen molar-refractivity contribution >= 4 is 0 Å². The summed E-state index contributed by atoms with van der Waals surface area (Å²) >= 11 is 0. The molecule has 0 spiro atoms. The van der Waals surface area contributed by atoms with E-state index in [-0.39, 0.29) is 6.04 Å². The van der Waals surface area contributed by atoms with Gasteiger partial charge in [0, 0.05) is 25.5 Å². The van der Waals surface area contributed by atoms with Crippen LogP contribution < -0.4 is 5.73 Å². The average Bonchev–Trinajstić information content (AvgIpc) is 2.72. The van der Waals surface area contributed by atoms with Crippen molar-refractivity contribution in [1.82, 2.24) is 9.78 Å². The summed E-state index contributed by atoms with van der Waals surface area (Å²) in [6.45, 7) is 9.40. The van der Waals surface area contributed by atoms with E-state index in [0.717, 1.165) is 32.3 Å². The number of rotatable bonds is 8. The van der Waals surface area contributed by atoms with Gasteiger partial charge in [-0.2, -0.15) is 5.10 Å². The Morgan fingerprint density at radius 1 is 1.26 bits per heavy atom. The van der Waals surface area contributed by atoms with Crippen LogP contribution in [0.15, 0.2) is 0 Å². The van der Waals surface area contributed by atoms with Gasteiger partial charge in [-0.25, -0.2) is 0 Å². The van der Waals surface area contributed by atoms with Crippen molar-refractivity contribution in [2.75, 3.05) is 13.7 Å². The number of hydrogen-bond donors (Lipinski definition) is 1. The molecule has 2 unspecified atom stereocenters. The molecule has 0 radical (unpaired) electrons. The Morgan fingerprint density at radius 2 is 1.95 bits per heavy atom. The zero-order valence-electron chi connectivity index (χ0n) is 13.1. The van der Waals surface area contributed by atoms with E-state index in [1.807, 2.05) is 0 Å². The second-order valence-corrected chi connectivity index (χ2v) is 5.34. The Kier molecular flexibility index (Phi) is 6.52. The van der Waals surface area contributed by atoms with Crippen LogP contribution in [-0.2, 0) is 24.0 Å². The highest BCUT2D eigenvalue weighted by Gasteiger charge is 2.19. The van der Waals surface area contributed by atoms with Crippen molar-refractivity contribution in [2.24, 2.45) is 5.73 Å². The number of aryl methyl sites for hydroxylation is 1. The second kappa shape index (κ2) is 7.65. The highest BCUT2D eigenvalue weighted by Crippen LogP contribution is 2.23. The number of methoxy groups -OCH3 is 1. The van der Waals surface area contributed by atoms with Crippen molar-refractivity contribution in [2.45, 2.75) is 65.5 Å². The number of ether oxygens (including phenoxy) is 1. The first-order chi connectivity index (χ1) is 9.04. The zero-order chi connectivity index (χ0) is 14.4. The summed E-state index contributed by atoms with van der Waals surface area (Å²) in [5, 5.41) is 4.81. The third-order valence-corrected chi connectivity index (χ3v) is 3.55. The molecule has 4 heteroatoms. The molecule has 1 rings (SSSR count). The number of nitrogens with two attached hydrogens (primary N) is 1. The maximum atomic E-state index is 5.98. The van der Waals surface area contributed by atoms with Gasteiger partial charge in [0.2, 0.25) is 0 Å². The third kappa shape index (κ3) is 4.05. The van der Waals surface area contributed by atoms with Crippen molar-refractivity contribution in [1.29, 1.82) is 0 Å². The van der Waals surface area contributed by atoms with Gasteiger partial charge in [-0.3, -0.25) is 4.68 Å². The molecule has 0 aliphatic heterocycles. The minimum atomic E-state index is 0.183.